The number of rotatable bonds is 6. The molecule has 106 valence electrons. The van der Waals surface area contributed by atoms with Crippen molar-refractivity contribution in [2.45, 2.75) is 52.4 Å². The number of unbranched alkanes of at least 4 members (excludes halogenated alkanes) is 2. The van der Waals surface area contributed by atoms with Crippen LogP contribution in [0.25, 0.3) is 0 Å². The Bertz CT molecular complexity index is 238. The van der Waals surface area contributed by atoms with Crippen molar-refractivity contribution >= 4 is 10.4 Å². The summed E-state index contributed by atoms with van der Waals surface area (Å²) in [6.07, 6.45) is 8.91. The van der Waals surface area contributed by atoms with Crippen molar-refractivity contribution in [3.05, 3.63) is 0 Å². The summed E-state index contributed by atoms with van der Waals surface area (Å²) in [6, 6.07) is 0. The molecule has 0 aromatic heterocycles. The Morgan fingerprint density at radius 3 is 2.00 bits per heavy atom. The van der Waals surface area contributed by atoms with E-state index in [1.165, 1.54) is 52.5 Å². The summed E-state index contributed by atoms with van der Waals surface area (Å²) in [5.74, 6) is 1.15. The Kier molecular flexibility index (Phi) is 13.9. The Balaban J connectivity index is 0. The highest BCUT2D eigenvalue weighted by molar-refractivity contribution is 7.80. The molecular weight excluding hydrogens is 242 g/mol. The molecule has 1 saturated carbocycles. The summed E-state index contributed by atoms with van der Waals surface area (Å²) in [5.41, 5.74) is 4.50. The first kappa shape index (κ1) is 19.2. The van der Waals surface area contributed by atoms with Crippen molar-refractivity contribution in [3.63, 3.8) is 0 Å². The van der Waals surface area contributed by atoms with E-state index in [0.29, 0.717) is 0 Å². The molecule has 0 saturated heterocycles. The van der Waals surface area contributed by atoms with Gasteiger partial charge in [0.15, 0.2) is 0 Å². The molecule has 1 rings (SSSR count). The molecule has 1 fully saturated rings. The van der Waals surface area contributed by atoms with Gasteiger partial charge in [-0.15, -0.1) is 0 Å². The minimum atomic E-state index is -4.17. The lowest BCUT2D eigenvalue weighted by atomic mass is 10.1. The Hall–Kier alpha value is -0.170. The van der Waals surface area contributed by atoms with Crippen molar-refractivity contribution in [3.8, 4) is 0 Å². The van der Waals surface area contributed by atoms with Gasteiger partial charge >= 0.3 is 10.4 Å². The van der Waals surface area contributed by atoms with Crippen LogP contribution >= 0.6 is 0 Å². The zero-order chi connectivity index (χ0) is 13.7. The first-order valence-electron chi connectivity index (χ1n) is 6.19. The van der Waals surface area contributed by atoms with Crippen LogP contribution in [-0.4, -0.2) is 26.6 Å². The van der Waals surface area contributed by atoms with Gasteiger partial charge in [-0.25, -0.2) is 4.18 Å². The SMILES string of the molecule is CCCCCC1CC1.CCOS(=O)(=O)O.CN. The Morgan fingerprint density at radius 1 is 1.24 bits per heavy atom. The summed E-state index contributed by atoms with van der Waals surface area (Å²) >= 11 is 0. The highest BCUT2D eigenvalue weighted by Crippen LogP contribution is 2.33. The largest absolute Gasteiger partial charge is 0.397 e. The van der Waals surface area contributed by atoms with E-state index in [2.05, 4.69) is 16.8 Å². The predicted molar refractivity (Wildman–Crippen MR) is 70.2 cm³/mol. The van der Waals surface area contributed by atoms with Crippen LogP contribution in [0, 0.1) is 5.92 Å². The van der Waals surface area contributed by atoms with Crippen LogP contribution in [0.4, 0.5) is 0 Å². The second kappa shape index (κ2) is 12.3. The third-order valence-electron chi connectivity index (χ3n) is 2.18. The van der Waals surface area contributed by atoms with Crippen LogP contribution in [0.15, 0.2) is 0 Å². The molecule has 3 N–H and O–H groups in total. The van der Waals surface area contributed by atoms with Crippen molar-refractivity contribution in [1.82, 2.24) is 0 Å². The van der Waals surface area contributed by atoms with E-state index < -0.39 is 10.4 Å². The third kappa shape index (κ3) is 21.6. The van der Waals surface area contributed by atoms with Gasteiger partial charge in [0, 0.05) is 0 Å². The minimum absolute atomic E-state index is 0.0289. The van der Waals surface area contributed by atoms with Crippen molar-refractivity contribution < 1.29 is 17.2 Å². The molecule has 1 aliphatic rings. The standard InChI is InChI=1S/C8H16.C2H6O4S.CH5N/c1-2-3-4-5-8-6-7-8;1-2-6-7(3,4)5;1-2/h8H,2-7H2,1H3;2H2,1H3,(H,3,4,5);2H2,1H3. The third-order valence-corrected chi connectivity index (χ3v) is 2.71. The Morgan fingerprint density at radius 2 is 1.76 bits per heavy atom. The predicted octanol–water partition coefficient (Wildman–Crippen LogP) is 2.38. The molecule has 0 amide bonds. The second-order valence-electron chi connectivity index (χ2n) is 3.77. The average molecular weight is 269 g/mol. The fraction of sp³-hybridized carbons (Fsp3) is 1.00. The average Bonchev–Trinajstić information content (AvgIpc) is 3.04. The van der Waals surface area contributed by atoms with Gasteiger partial charge < -0.3 is 5.73 Å². The summed E-state index contributed by atoms with van der Waals surface area (Å²) < 4.78 is 30.7. The molecular formula is C11H27NO4S. The van der Waals surface area contributed by atoms with Crippen LogP contribution in [-0.2, 0) is 14.6 Å². The first-order chi connectivity index (χ1) is 7.99. The van der Waals surface area contributed by atoms with E-state index in [0.717, 1.165) is 5.92 Å². The molecule has 0 aliphatic heterocycles. The van der Waals surface area contributed by atoms with Crippen LogP contribution in [0.2, 0.25) is 0 Å². The van der Waals surface area contributed by atoms with Crippen LogP contribution < -0.4 is 5.73 Å². The van der Waals surface area contributed by atoms with E-state index in [-0.39, 0.29) is 6.61 Å². The number of hydrogen-bond acceptors (Lipinski definition) is 4. The molecule has 0 atom stereocenters. The summed E-state index contributed by atoms with van der Waals surface area (Å²) in [6.45, 7) is 3.71. The van der Waals surface area contributed by atoms with Gasteiger partial charge in [0.1, 0.15) is 0 Å². The summed E-state index contributed by atoms with van der Waals surface area (Å²) in [5, 5.41) is 0. The second-order valence-corrected chi connectivity index (χ2v) is 4.86. The quantitative estimate of drug-likeness (QED) is 0.571. The van der Waals surface area contributed by atoms with Crippen molar-refractivity contribution in [2.75, 3.05) is 13.7 Å². The summed E-state index contributed by atoms with van der Waals surface area (Å²) in [4.78, 5) is 0. The number of hydrogen-bond donors (Lipinski definition) is 2. The zero-order valence-electron chi connectivity index (χ0n) is 11.2. The van der Waals surface area contributed by atoms with E-state index in [1.54, 1.807) is 0 Å². The topological polar surface area (TPSA) is 89.6 Å². The lowest BCUT2D eigenvalue weighted by Gasteiger charge is -1.92. The summed E-state index contributed by atoms with van der Waals surface area (Å²) in [7, 11) is -2.67. The van der Waals surface area contributed by atoms with Gasteiger partial charge in [0.25, 0.3) is 0 Å². The van der Waals surface area contributed by atoms with Crippen LogP contribution in [0.3, 0.4) is 0 Å². The maximum Gasteiger partial charge on any atom is 0.397 e. The molecule has 6 heteroatoms. The number of nitrogens with two attached hydrogens (primary N) is 1. The van der Waals surface area contributed by atoms with Gasteiger partial charge in [-0.3, -0.25) is 4.55 Å². The molecule has 17 heavy (non-hydrogen) atoms. The molecule has 0 spiro atoms. The van der Waals surface area contributed by atoms with Gasteiger partial charge in [-0.05, 0) is 19.9 Å². The van der Waals surface area contributed by atoms with Gasteiger partial charge in [-0.1, -0.05) is 45.4 Å². The van der Waals surface area contributed by atoms with Crippen molar-refractivity contribution in [2.24, 2.45) is 11.7 Å². The molecule has 0 aromatic rings. The lowest BCUT2D eigenvalue weighted by molar-refractivity contribution is 0.283. The monoisotopic (exact) mass is 269 g/mol. The zero-order valence-corrected chi connectivity index (χ0v) is 12.0. The molecule has 5 nitrogen and oxygen atoms in total. The van der Waals surface area contributed by atoms with E-state index in [9.17, 15) is 8.42 Å². The van der Waals surface area contributed by atoms with E-state index >= 15 is 0 Å². The highest BCUT2D eigenvalue weighted by atomic mass is 32.3. The molecule has 0 radical (unpaired) electrons. The molecule has 0 heterocycles. The van der Waals surface area contributed by atoms with Crippen LogP contribution in [0.5, 0.6) is 0 Å². The van der Waals surface area contributed by atoms with E-state index in [4.69, 9.17) is 4.55 Å². The fourth-order valence-electron chi connectivity index (χ4n) is 1.24. The van der Waals surface area contributed by atoms with Gasteiger partial charge in [-0.2, -0.15) is 8.42 Å². The molecule has 0 unspecified atom stereocenters. The fourth-order valence-corrected chi connectivity index (χ4v) is 1.54. The highest BCUT2D eigenvalue weighted by Gasteiger charge is 2.19. The minimum Gasteiger partial charge on any atom is -0.333 e. The van der Waals surface area contributed by atoms with Gasteiger partial charge in [0.2, 0.25) is 0 Å². The first-order valence-corrected chi connectivity index (χ1v) is 7.55. The maximum atomic E-state index is 9.56. The van der Waals surface area contributed by atoms with Crippen molar-refractivity contribution in [1.29, 1.82) is 0 Å². The normalized spacial score (nSPS) is 14.2. The van der Waals surface area contributed by atoms with E-state index in [1.807, 2.05) is 0 Å². The lowest BCUT2D eigenvalue weighted by Crippen LogP contribution is -2.01. The Labute approximate surface area is 106 Å². The van der Waals surface area contributed by atoms with Crippen LogP contribution in [0.1, 0.15) is 52.4 Å². The molecule has 0 aromatic carbocycles. The maximum absolute atomic E-state index is 9.56. The van der Waals surface area contributed by atoms with Gasteiger partial charge in [0.05, 0.1) is 6.61 Å². The molecule has 1 aliphatic carbocycles. The smallest absolute Gasteiger partial charge is 0.333 e. The molecule has 0 bridgehead atoms.